The molecule has 0 saturated heterocycles. The maximum absolute atomic E-state index is 9.83. The molecule has 1 aromatic heterocycles. The van der Waals surface area contributed by atoms with Crippen LogP contribution in [0.3, 0.4) is 0 Å². The molecule has 1 heterocycles. The third-order valence-electron chi connectivity index (χ3n) is 3.54. The van der Waals surface area contributed by atoms with E-state index in [4.69, 9.17) is 0 Å². The maximum Gasteiger partial charge on any atom is 0.191 e. The number of aliphatic hydroxyl groups excluding tert-OH is 1. The molecule has 0 aromatic carbocycles. The Morgan fingerprint density at radius 3 is 2.95 bits per heavy atom. The molecule has 6 heteroatoms. The molecule has 1 saturated carbocycles. The van der Waals surface area contributed by atoms with Gasteiger partial charge in [0.05, 0.1) is 12.6 Å². The second-order valence-electron chi connectivity index (χ2n) is 5.20. The predicted molar refractivity (Wildman–Crippen MR) is 83.0 cm³/mol. The lowest BCUT2D eigenvalue weighted by Gasteiger charge is -2.17. The summed E-state index contributed by atoms with van der Waals surface area (Å²) in [5, 5.41) is 17.4. The minimum atomic E-state index is -0.160. The number of aromatic nitrogens is 1. The van der Waals surface area contributed by atoms with Crippen LogP contribution >= 0.6 is 11.3 Å². The van der Waals surface area contributed by atoms with E-state index in [1.807, 2.05) is 6.20 Å². The fourth-order valence-corrected chi connectivity index (χ4v) is 3.16. The van der Waals surface area contributed by atoms with Gasteiger partial charge in [0.2, 0.25) is 0 Å². The molecule has 1 fully saturated rings. The molecular formula is C14H24N4OS. The van der Waals surface area contributed by atoms with E-state index in [1.54, 1.807) is 11.3 Å². The van der Waals surface area contributed by atoms with E-state index in [2.05, 4.69) is 34.5 Å². The number of aryl methyl sites for hydroxylation is 1. The van der Waals surface area contributed by atoms with Gasteiger partial charge in [-0.3, -0.25) is 0 Å². The predicted octanol–water partition coefficient (Wildman–Crippen LogP) is 1.67. The minimum absolute atomic E-state index is 0.160. The lowest BCUT2D eigenvalue weighted by molar-refractivity contribution is 0.134. The van der Waals surface area contributed by atoms with Crippen molar-refractivity contribution in [3.05, 3.63) is 16.1 Å². The van der Waals surface area contributed by atoms with E-state index in [-0.39, 0.29) is 6.10 Å². The van der Waals surface area contributed by atoms with Gasteiger partial charge in [0.25, 0.3) is 0 Å². The second kappa shape index (κ2) is 7.59. The molecule has 5 nitrogen and oxygen atoms in total. The van der Waals surface area contributed by atoms with Crippen molar-refractivity contribution in [3.8, 4) is 0 Å². The van der Waals surface area contributed by atoms with Crippen LogP contribution in [0.2, 0.25) is 0 Å². The number of thiazole rings is 1. The molecule has 1 aromatic rings. The van der Waals surface area contributed by atoms with Crippen LogP contribution in [0.5, 0.6) is 0 Å². The van der Waals surface area contributed by atoms with Gasteiger partial charge in [0.1, 0.15) is 5.01 Å². The summed E-state index contributed by atoms with van der Waals surface area (Å²) in [6, 6.07) is 0. The summed E-state index contributed by atoms with van der Waals surface area (Å²) in [7, 11) is 0. The molecule has 0 amide bonds. The first kappa shape index (κ1) is 15.3. The van der Waals surface area contributed by atoms with E-state index in [1.165, 1.54) is 4.88 Å². The van der Waals surface area contributed by atoms with Gasteiger partial charge >= 0.3 is 0 Å². The van der Waals surface area contributed by atoms with E-state index in [0.717, 1.165) is 43.3 Å². The summed E-state index contributed by atoms with van der Waals surface area (Å²) in [5.41, 5.74) is 0. The highest BCUT2D eigenvalue weighted by Gasteiger charge is 2.24. The quantitative estimate of drug-likeness (QED) is 0.571. The molecule has 1 aliphatic rings. The lowest BCUT2D eigenvalue weighted by Crippen LogP contribution is -2.41. The van der Waals surface area contributed by atoms with Gasteiger partial charge in [-0.25, -0.2) is 9.98 Å². The first-order valence-electron chi connectivity index (χ1n) is 7.30. The molecule has 112 valence electrons. The Kier molecular flexibility index (Phi) is 5.79. The van der Waals surface area contributed by atoms with Crippen LogP contribution < -0.4 is 10.6 Å². The van der Waals surface area contributed by atoms with E-state index < -0.39 is 0 Å². The number of aliphatic imine (C=N–C) groups is 1. The van der Waals surface area contributed by atoms with Crippen LogP contribution in [-0.4, -0.2) is 35.2 Å². The van der Waals surface area contributed by atoms with Crippen LogP contribution in [0.15, 0.2) is 11.2 Å². The summed E-state index contributed by atoms with van der Waals surface area (Å²) in [5.74, 6) is 1.15. The standard InChI is InChI=1S/C14H24N4OS/c1-3-15-14(17-8-11-5-4-6-12(11)19)18-9-13-16-7-10(2)20-13/h7,11-12,19H,3-6,8-9H2,1-2H3,(H2,15,17,18). The van der Waals surface area contributed by atoms with Gasteiger partial charge in [-0.1, -0.05) is 6.42 Å². The van der Waals surface area contributed by atoms with E-state index >= 15 is 0 Å². The first-order valence-corrected chi connectivity index (χ1v) is 8.12. The topological polar surface area (TPSA) is 69.5 Å². The zero-order chi connectivity index (χ0) is 14.4. The van der Waals surface area contributed by atoms with E-state index in [9.17, 15) is 5.11 Å². The van der Waals surface area contributed by atoms with Gasteiger partial charge < -0.3 is 15.7 Å². The SMILES string of the molecule is CCNC(=NCc1ncc(C)s1)NCC1CCCC1O. The number of nitrogens with one attached hydrogen (secondary N) is 2. The molecular weight excluding hydrogens is 272 g/mol. The normalized spacial score (nSPS) is 23.1. The fourth-order valence-electron chi connectivity index (χ4n) is 2.45. The van der Waals surface area contributed by atoms with Crippen molar-refractivity contribution in [2.45, 2.75) is 45.8 Å². The molecule has 2 rings (SSSR count). The monoisotopic (exact) mass is 296 g/mol. The largest absolute Gasteiger partial charge is 0.393 e. The number of rotatable bonds is 5. The number of guanidine groups is 1. The van der Waals surface area contributed by atoms with Crippen LogP contribution in [0.4, 0.5) is 0 Å². The number of nitrogens with zero attached hydrogens (tertiary/aromatic N) is 2. The summed E-state index contributed by atoms with van der Waals surface area (Å²) >= 11 is 1.68. The molecule has 2 unspecified atom stereocenters. The Bertz CT molecular complexity index is 446. The molecule has 0 bridgehead atoms. The average molecular weight is 296 g/mol. The molecule has 1 aliphatic carbocycles. The maximum atomic E-state index is 9.83. The zero-order valence-corrected chi connectivity index (χ0v) is 13.0. The van der Waals surface area contributed by atoms with Crippen molar-refractivity contribution >= 4 is 17.3 Å². The molecule has 20 heavy (non-hydrogen) atoms. The highest BCUT2D eigenvalue weighted by molar-refractivity contribution is 7.11. The third-order valence-corrected chi connectivity index (χ3v) is 4.43. The van der Waals surface area contributed by atoms with Crippen LogP contribution in [-0.2, 0) is 6.54 Å². The van der Waals surface area contributed by atoms with Crippen molar-refractivity contribution in [1.82, 2.24) is 15.6 Å². The van der Waals surface area contributed by atoms with Gasteiger partial charge in [0, 0.05) is 30.1 Å². The summed E-state index contributed by atoms with van der Waals surface area (Å²) < 4.78 is 0. The van der Waals surface area contributed by atoms with Crippen molar-refractivity contribution in [2.75, 3.05) is 13.1 Å². The molecule has 0 aliphatic heterocycles. The van der Waals surface area contributed by atoms with Gasteiger partial charge in [-0.15, -0.1) is 11.3 Å². The van der Waals surface area contributed by atoms with Crippen LogP contribution in [0.25, 0.3) is 0 Å². The van der Waals surface area contributed by atoms with E-state index in [0.29, 0.717) is 12.5 Å². The number of hydrogen-bond donors (Lipinski definition) is 3. The second-order valence-corrected chi connectivity index (χ2v) is 6.52. The highest BCUT2D eigenvalue weighted by Crippen LogP contribution is 2.24. The molecule has 2 atom stereocenters. The summed E-state index contributed by atoms with van der Waals surface area (Å²) in [6.45, 7) is 6.31. The lowest BCUT2D eigenvalue weighted by atomic mass is 10.1. The third kappa shape index (κ3) is 4.45. The smallest absolute Gasteiger partial charge is 0.191 e. The van der Waals surface area contributed by atoms with Crippen molar-refractivity contribution in [1.29, 1.82) is 0 Å². The Hall–Kier alpha value is -1.14. The molecule has 0 radical (unpaired) electrons. The van der Waals surface area contributed by atoms with Gasteiger partial charge in [-0.05, 0) is 26.7 Å². The zero-order valence-electron chi connectivity index (χ0n) is 12.2. The summed E-state index contributed by atoms with van der Waals surface area (Å²) in [4.78, 5) is 10.1. The van der Waals surface area contributed by atoms with Gasteiger partial charge in [-0.2, -0.15) is 0 Å². The van der Waals surface area contributed by atoms with Crippen LogP contribution in [0, 0.1) is 12.8 Å². The van der Waals surface area contributed by atoms with Crippen LogP contribution in [0.1, 0.15) is 36.1 Å². The Morgan fingerprint density at radius 2 is 2.35 bits per heavy atom. The number of aliphatic hydroxyl groups is 1. The average Bonchev–Trinajstić information content (AvgIpc) is 3.02. The fraction of sp³-hybridized carbons (Fsp3) is 0.714. The van der Waals surface area contributed by atoms with Crippen molar-refractivity contribution in [3.63, 3.8) is 0 Å². The summed E-state index contributed by atoms with van der Waals surface area (Å²) in [6.07, 6.45) is 4.87. The van der Waals surface area contributed by atoms with Crippen molar-refractivity contribution < 1.29 is 5.11 Å². The highest BCUT2D eigenvalue weighted by atomic mass is 32.1. The van der Waals surface area contributed by atoms with Gasteiger partial charge in [0.15, 0.2) is 5.96 Å². The number of hydrogen-bond acceptors (Lipinski definition) is 4. The first-order chi connectivity index (χ1) is 9.69. The molecule has 3 N–H and O–H groups in total. The molecule has 0 spiro atoms. The Labute approximate surface area is 124 Å². The Morgan fingerprint density at radius 1 is 1.50 bits per heavy atom. The van der Waals surface area contributed by atoms with Crippen molar-refractivity contribution in [2.24, 2.45) is 10.9 Å². The Balaban J connectivity index is 1.85. The minimum Gasteiger partial charge on any atom is -0.393 e.